The van der Waals surface area contributed by atoms with Gasteiger partial charge in [-0.3, -0.25) is 9.59 Å². The molecular formula is C41H35NO4. The zero-order valence-electron chi connectivity index (χ0n) is 26.2. The minimum atomic E-state index is -0.360. The summed E-state index contributed by atoms with van der Waals surface area (Å²) in [5.74, 6) is 1.59. The third kappa shape index (κ3) is 6.40. The van der Waals surface area contributed by atoms with Gasteiger partial charge in [0.05, 0.1) is 5.57 Å². The number of allylic oxidation sites excluding steroid dienone is 7. The van der Waals surface area contributed by atoms with Crippen LogP contribution in [-0.4, -0.2) is 24.7 Å². The van der Waals surface area contributed by atoms with Crippen LogP contribution in [0.3, 0.4) is 0 Å². The normalized spacial score (nSPS) is 14.6. The summed E-state index contributed by atoms with van der Waals surface area (Å²) in [6, 6.07) is 33.7. The van der Waals surface area contributed by atoms with Crippen molar-refractivity contribution in [3.05, 3.63) is 178 Å². The van der Waals surface area contributed by atoms with Crippen molar-refractivity contribution in [1.82, 2.24) is 0 Å². The lowest BCUT2D eigenvalue weighted by Crippen LogP contribution is -2.21. The van der Waals surface area contributed by atoms with Gasteiger partial charge in [-0.05, 0) is 62.3 Å². The van der Waals surface area contributed by atoms with E-state index in [0.29, 0.717) is 34.0 Å². The molecule has 0 amide bonds. The van der Waals surface area contributed by atoms with Crippen LogP contribution in [0.4, 0.5) is 5.69 Å². The van der Waals surface area contributed by atoms with Crippen molar-refractivity contribution in [2.75, 3.05) is 18.0 Å². The minimum absolute atomic E-state index is 0.0653. The molecule has 228 valence electrons. The van der Waals surface area contributed by atoms with Gasteiger partial charge in [-0.25, -0.2) is 0 Å². The van der Waals surface area contributed by atoms with E-state index in [1.54, 1.807) is 60.7 Å². The predicted octanol–water partition coefficient (Wildman–Crippen LogP) is 9.23. The Morgan fingerprint density at radius 2 is 1.28 bits per heavy atom. The molecule has 0 saturated heterocycles. The predicted molar refractivity (Wildman–Crippen MR) is 185 cm³/mol. The molecule has 4 aromatic rings. The number of hydrogen-bond acceptors (Lipinski definition) is 5. The largest absolute Gasteiger partial charge is 0.457 e. The summed E-state index contributed by atoms with van der Waals surface area (Å²) in [5, 5.41) is 0. The summed E-state index contributed by atoms with van der Waals surface area (Å²) in [5.41, 5.74) is 5.38. The zero-order chi connectivity index (χ0) is 32.0. The summed E-state index contributed by atoms with van der Waals surface area (Å²) in [4.78, 5) is 30.4. The second kappa shape index (κ2) is 13.5. The fraction of sp³-hybridized carbons (Fsp3) is 0.122. The molecule has 0 spiro atoms. The molecule has 0 aromatic heterocycles. The van der Waals surface area contributed by atoms with Crippen molar-refractivity contribution in [3.8, 4) is 5.75 Å². The molecule has 2 heterocycles. The number of anilines is 1. The SMILES string of the molecule is CCN(CC)c1ccc2c(c1)OC(=CC1=CC(=C(C(=O)c3ccccc3)C(=O)c3ccccc3)C=C(c3ccccc3)O1)C=C2C. The van der Waals surface area contributed by atoms with E-state index < -0.39 is 0 Å². The summed E-state index contributed by atoms with van der Waals surface area (Å²) in [7, 11) is 0. The van der Waals surface area contributed by atoms with Gasteiger partial charge in [0.25, 0.3) is 0 Å². The highest BCUT2D eigenvalue weighted by Crippen LogP contribution is 2.38. The molecule has 4 aromatic carbocycles. The number of nitrogens with zero attached hydrogens (tertiary/aromatic N) is 1. The van der Waals surface area contributed by atoms with E-state index >= 15 is 0 Å². The van der Waals surface area contributed by atoms with Crippen LogP contribution < -0.4 is 9.64 Å². The number of hydrogen-bond donors (Lipinski definition) is 0. The first kappa shape index (κ1) is 30.4. The molecule has 0 aliphatic carbocycles. The molecule has 0 atom stereocenters. The molecule has 0 radical (unpaired) electrons. The molecule has 5 heteroatoms. The summed E-state index contributed by atoms with van der Waals surface area (Å²) in [6.45, 7) is 8.11. The topological polar surface area (TPSA) is 55.8 Å². The van der Waals surface area contributed by atoms with Crippen LogP contribution >= 0.6 is 0 Å². The second-order valence-electron chi connectivity index (χ2n) is 11.1. The first-order valence-electron chi connectivity index (χ1n) is 15.5. The minimum Gasteiger partial charge on any atom is -0.457 e. The van der Waals surface area contributed by atoms with Crippen molar-refractivity contribution in [2.24, 2.45) is 0 Å². The van der Waals surface area contributed by atoms with E-state index in [1.165, 1.54) is 0 Å². The van der Waals surface area contributed by atoms with Gasteiger partial charge in [-0.15, -0.1) is 0 Å². The Morgan fingerprint density at radius 3 is 1.87 bits per heavy atom. The Kier molecular flexibility index (Phi) is 8.93. The highest BCUT2D eigenvalue weighted by molar-refractivity contribution is 6.32. The smallest absolute Gasteiger partial charge is 0.197 e. The molecule has 5 nitrogen and oxygen atoms in total. The first-order valence-corrected chi connectivity index (χ1v) is 15.5. The Bertz CT molecular complexity index is 1870. The van der Waals surface area contributed by atoms with E-state index in [0.717, 1.165) is 41.2 Å². The molecule has 0 bridgehead atoms. The van der Waals surface area contributed by atoms with Crippen molar-refractivity contribution in [2.45, 2.75) is 20.8 Å². The third-order valence-electron chi connectivity index (χ3n) is 8.07. The van der Waals surface area contributed by atoms with Crippen LogP contribution in [0.15, 0.2) is 156 Å². The number of carbonyl (C=O) groups excluding carboxylic acids is 2. The molecule has 0 fully saturated rings. The monoisotopic (exact) mass is 605 g/mol. The van der Waals surface area contributed by atoms with Gasteiger partial charge in [0, 0.05) is 53.2 Å². The number of ether oxygens (including phenoxy) is 2. The van der Waals surface area contributed by atoms with Crippen LogP contribution in [0.5, 0.6) is 5.75 Å². The Morgan fingerprint density at radius 1 is 0.696 bits per heavy atom. The average Bonchev–Trinajstić information content (AvgIpc) is 3.10. The van der Waals surface area contributed by atoms with Crippen LogP contribution in [0.1, 0.15) is 52.6 Å². The lowest BCUT2D eigenvalue weighted by molar-refractivity contribution is 0.0961. The van der Waals surface area contributed by atoms with Crippen LogP contribution in [0, 0.1) is 0 Å². The van der Waals surface area contributed by atoms with Crippen LogP contribution in [0.2, 0.25) is 0 Å². The number of ketones is 2. The molecule has 6 rings (SSSR count). The van der Waals surface area contributed by atoms with E-state index in [1.807, 2.05) is 54.6 Å². The molecule has 0 saturated carbocycles. The van der Waals surface area contributed by atoms with Crippen molar-refractivity contribution < 1.29 is 19.1 Å². The number of Topliss-reactive ketones (excluding diaryl/α,β-unsaturated/α-hetero) is 2. The molecule has 0 unspecified atom stereocenters. The zero-order valence-corrected chi connectivity index (χ0v) is 26.2. The quantitative estimate of drug-likeness (QED) is 0.0824. The standard InChI is InChI=1S/C41H35NO4/c1-4-42(5-2)33-21-22-36-28(3)23-34(46-38(36)26-33)27-35-24-32(25-37(45-35)29-15-9-6-10-16-29)39(40(43)30-17-11-7-12-18-30)41(44)31-19-13-8-14-20-31/h6-27H,4-5H2,1-3H3. The molecule has 2 aliphatic heterocycles. The summed E-state index contributed by atoms with van der Waals surface area (Å²) >= 11 is 0. The maximum Gasteiger partial charge on any atom is 0.197 e. The van der Waals surface area contributed by atoms with Gasteiger partial charge < -0.3 is 14.4 Å². The summed E-state index contributed by atoms with van der Waals surface area (Å²) in [6.07, 6.45) is 7.29. The lowest BCUT2D eigenvalue weighted by Gasteiger charge is -2.25. The van der Waals surface area contributed by atoms with Crippen LogP contribution in [-0.2, 0) is 4.74 Å². The number of benzene rings is 4. The average molecular weight is 606 g/mol. The maximum atomic E-state index is 14.1. The first-order chi connectivity index (χ1) is 22.4. The number of rotatable bonds is 9. The van der Waals surface area contributed by atoms with E-state index in [2.05, 4.69) is 43.9 Å². The third-order valence-corrected chi connectivity index (χ3v) is 8.07. The van der Waals surface area contributed by atoms with Gasteiger partial charge in [-0.2, -0.15) is 0 Å². The fourth-order valence-electron chi connectivity index (χ4n) is 5.68. The highest BCUT2D eigenvalue weighted by atomic mass is 16.5. The highest BCUT2D eigenvalue weighted by Gasteiger charge is 2.27. The van der Waals surface area contributed by atoms with E-state index in [-0.39, 0.29) is 17.1 Å². The van der Waals surface area contributed by atoms with E-state index in [9.17, 15) is 9.59 Å². The molecule has 46 heavy (non-hydrogen) atoms. The van der Waals surface area contributed by atoms with Gasteiger partial charge in [0.15, 0.2) is 11.6 Å². The van der Waals surface area contributed by atoms with Gasteiger partial charge >= 0.3 is 0 Å². The van der Waals surface area contributed by atoms with Gasteiger partial charge in [-0.1, -0.05) is 91.0 Å². The Balaban J connectivity index is 1.49. The van der Waals surface area contributed by atoms with Gasteiger partial charge in [0.1, 0.15) is 23.0 Å². The van der Waals surface area contributed by atoms with E-state index in [4.69, 9.17) is 9.47 Å². The molecular weight excluding hydrogens is 570 g/mol. The molecule has 2 aliphatic rings. The number of fused-ring (bicyclic) bond motifs is 1. The molecule has 0 N–H and O–H groups in total. The van der Waals surface area contributed by atoms with Crippen molar-refractivity contribution in [3.63, 3.8) is 0 Å². The fourth-order valence-corrected chi connectivity index (χ4v) is 5.68. The summed E-state index contributed by atoms with van der Waals surface area (Å²) < 4.78 is 12.8. The van der Waals surface area contributed by atoms with Crippen molar-refractivity contribution >= 4 is 28.6 Å². The second-order valence-corrected chi connectivity index (χ2v) is 11.1. The Hall–Kier alpha value is -5.68. The maximum absolute atomic E-state index is 14.1. The Labute approximate surface area is 270 Å². The van der Waals surface area contributed by atoms with Crippen LogP contribution in [0.25, 0.3) is 11.3 Å². The van der Waals surface area contributed by atoms with Crippen molar-refractivity contribution in [1.29, 1.82) is 0 Å². The number of carbonyl (C=O) groups is 2. The van der Waals surface area contributed by atoms with Gasteiger partial charge in [0.2, 0.25) is 0 Å². The lowest BCUT2D eigenvalue weighted by atomic mass is 9.90.